The lowest BCUT2D eigenvalue weighted by Gasteiger charge is -2.34. The van der Waals surface area contributed by atoms with E-state index in [1.54, 1.807) is 0 Å². The van der Waals surface area contributed by atoms with Crippen LogP contribution in [0.1, 0.15) is 46.5 Å². The topological polar surface area (TPSA) is 3.24 Å². The zero-order valence-corrected chi connectivity index (χ0v) is 9.48. The van der Waals surface area contributed by atoms with E-state index in [2.05, 4.69) is 39.8 Å². The molecule has 0 aromatic heterocycles. The minimum absolute atomic E-state index is 0.582. The molecule has 0 fully saturated rings. The van der Waals surface area contributed by atoms with Gasteiger partial charge in [-0.05, 0) is 38.8 Å². The summed E-state index contributed by atoms with van der Waals surface area (Å²) >= 11 is 0. The fourth-order valence-electron chi connectivity index (χ4n) is 2.11. The van der Waals surface area contributed by atoms with Gasteiger partial charge in [-0.3, -0.25) is 0 Å². The van der Waals surface area contributed by atoms with Crippen LogP contribution in [0.3, 0.4) is 0 Å². The van der Waals surface area contributed by atoms with Gasteiger partial charge >= 0.3 is 0 Å². The van der Waals surface area contributed by atoms with E-state index >= 15 is 0 Å². The van der Waals surface area contributed by atoms with Crippen LogP contribution in [0, 0.1) is 5.41 Å². The summed E-state index contributed by atoms with van der Waals surface area (Å²) in [6, 6.07) is 0. The molecule has 0 aliphatic carbocycles. The summed E-state index contributed by atoms with van der Waals surface area (Å²) in [6.45, 7) is 8.18. The Morgan fingerprint density at radius 2 is 1.50 bits per heavy atom. The Hall–Kier alpha value is -0.0400. The number of rotatable bonds is 6. The standard InChI is InChI=1S/C11H25N/c1-6-9-11(7-2,8-3)10-12(4)5/h6-10H2,1-5H3. The molecule has 0 N–H and O–H groups in total. The highest BCUT2D eigenvalue weighted by atomic mass is 15.1. The predicted molar refractivity (Wildman–Crippen MR) is 56.5 cm³/mol. The molecule has 0 saturated carbocycles. The molecule has 12 heavy (non-hydrogen) atoms. The van der Waals surface area contributed by atoms with Crippen molar-refractivity contribution in [1.29, 1.82) is 0 Å². The molecule has 0 aromatic carbocycles. The van der Waals surface area contributed by atoms with E-state index in [9.17, 15) is 0 Å². The van der Waals surface area contributed by atoms with Crippen molar-refractivity contribution >= 4 is 0 Å². The van der Waals surface area contributed by atoms with Crippen LogP contribution in [0.5, 0.6) is 0 Å². The van der Waals surface area contributed by atoms with Gasteiger partial charge in [-0.1, -0.05) is 27.2 Å². The van der Waals surface area contributed by atoms with Crippen LogP contribution < -0.4 is 0 Å². The van der Waals surface area contributed by atoms with Gasteiger partial charge in [-0.15, -0.1) is 0 Å². The van der Waals surface area contributed by atoms with E-state index in [-0.39, 0.29) is 0 Å². The molecule has 0 saturated heterocycles. The second kappa shape index (κ2) is 5.58. The minimum atomic E-state index is 0.582. The van der Waals surface area contributed by atoms with E-state index in [0.29, 0.717) is 5.41 Å². The quantitative estimate of drug-likeness (QED) is 0.593. The van der Waals surface area contributed by atoms with Crippen molar-refractivity contribution in [2.24, 2.45) is 5.41 Å². The summed E-state index contributed by atoms with van der Waals surface area (Å²) in [5.41, 5.74) is 0.582. The highest BCUT2D eigenvalue weighted by Crippen LogP contribution is 2.32. The van der Waals surface area contributed by atoms with Crippen LogP contribution in [0.4, 0.5) is 0 Å². The number of hydrogen-bond donors (Lipinski definition) is 0. The zero-order valence-electron chi connectivity index (χ0n) is 9.48. The van der Waals surface area contributed by atoms with Gasteiger partial charge in [-0.2, -0.15) is 0 Å². The van der Waals surface area contributed by atoms with Crippen molar-refractivity contribution in [2.75, 3.05) is 20.6 Å². The van der Waals surface area contributed by atoms with E-state index in [4.69, 9.17) is 0 Å². The lowest BCUT2D eigenvalue weighted by molar-refractivity contribution is 0.164. The highest BCUT2D eigenvalue weighted by Gasteiger charge is 2.25. The Morgan fingerprint density at radius 1 is 1.00 bits per heavy atom. The molecule has 0 aromatic rings. The fraction of sp³-hybridized carbons (Fsp3) is 1.00. The Labute approximate surface area is 78.1 Å². The third-order valence-corrected chi connectivity index (χ3v) is 2.93. The lowest BCUT2D eigenvalue weighted by atomic mass is 9.78. The molecule has 0 unspecified atom stereocenters. The Morgan fingerprint density at radius 3 is 1.75 bits per heavy atom. The predicted octanol–water partition coefficient (Wildman–Crippen LogP) is 3.15. The minimum Gasteiger partial charge on any atom is -0.309 e. The largest absolute Gasteiger partial charge is 0.309 e. The summed E-state index contributed by atoms with van der Waals surface area (Å²) in [5, 5.41) is 0. The molecule has 1 heteroatoms. The zero-order chi connectivity index (χ0) is 9.61. The smallest absolute Gasteiger partial charge is 0.00317 e. The van der Waals surface area contributed by atoms with Gasteiger partial charge in [-0.25, -0.2) is 0 Å². The van der Waals surface area contributed by atoms with E-state index < -0.39 is 0 Å². The third-order valence-electron chi connectivity index (χ3n) is 2.93. The SMILES string of the molecule is CCCC(CC)(CC)CN(C)C. The van der Waals surface area contributed by atoms with Crippen molar-refractivity contribution in [1.82, 2.24) is 4.90 Å². The van der Waals surface area contributed by atoms with Gasteiger partial charge in [0, 0.05) is 6.54 Å². The number of nitrogens with zero attached hydrogens (tertiary/aromatic N) is 1. The molecular formula is C11H25N. The van der Waals surface area contributed by atoms with Crippen LogP contribution in [-0.4, -0.2) is 25.5 Å². The molecular weight excluding hydrogens is 146 g/mol. The van der Waals surface area contributed by atoms with Gasteiger partial charge < -0.3 is 4.90 Å². The maximum absolute atomic E-state index is 2.32. The molecule has 0 heterocycles. The first-order chi connectivity index (χ1) is 5.60. The van der Waals surface area contributed by atoms with Gasteiger partial charge in [0.05, 0.1) is 0 Å². The van der Waals surface area contributed by atoms with E-state index in [1.165, 1.54) is 32.2 Å². The first kappa shape index (κ1) is 12.0. The lowest BCUT2D eigenvalue weighted by Crippen LogP contribution is -2.32. The normalized spacial score (nSPS) is 12.5. The Balaban J connectivity index is 4.13. The molecule has 1 nitrogen and oxygen atoms in total. The summed E-state index contributed by atoms with van der Waals surface area (Å²) in [7, 11) is 4.35. The fourth-order valence-corrected chi connectivity index (χ4v) is 2.11. The van der Waals surface area contributed by atoms with Crippen molar-refractivity contribution in [3.05, 3.63) is 0 Å². The van der Waals surface area contributed by atoms with Crippen LogP contribution in [0.2, 0.25) is 0 Å². The van der Waals surface area contributed by atoms with Gasteiger partial charge in [0.15, 0.2) is 0 Å². The second-order valence-corrected chi connectivity index (χ2v) is 4.19. The van der Waals surface area contributed by atoms with Crippen molar-refractivity contribution in [3.63, 3.8) is 0 Å². The van der Waals surface area contributed by atoms with Gasteiger partial charge in [0.25, 0.3) is 0 Å². The van der Waals surface area contributed by atoms with Crippen molar-refractivity contribution < 1.29 is 0 Å². The van der Waals surface area contributed by atoms with Crippen LogP contribution in [-0.2, 0) is 0 Å². The summed E-state index contributed by atoms with van der Waals surface area (Å²) in [4.78, 5) is 2.32. The molecule has 0 amide bonds. The summed E-state index contributed by atoms with van der Waals surface area (Å²) in [6.07, 6.45) is 5.32. The first-order valence-corrected chi connectivity index (χ1v) is 5.25. The van der Waals surface area contributed by atoms with Crippen molar-refractivity contribution in [2.45, 2.75) is 46.5 Å². The van der Waals surface area contributed by atoms with Crippen LogP contribution in [0.15, 0.2) is 0 Å². The molecule has 0 bridgehead atoms. The molecule has 0 atom stereocenters. The average Bonchev–Trinajstić information content (AvgIpc) is 2.03. The Bertz CT molecular complexity index is 104. The van der Waals surface area contributed by atoms with Crippen LogP contribution >= 0.6 is 0 Å². The Kier molecular flexibility index (Phi) is 5.56. The average molecular weight is 171 g/mol. The molecule has 0 rings (SSSR count). The van der Waals surface area contributed by atoms with Gasteiger partial charge in [0.2, 0.25) is 0 Å². The maximum atomic E-state index is 2.32. The summed E-state index contributed by atoms with van der Waals surface area (Å²) < 4.78 is 0. The molecule has 0 aliphatic rings. The first-order valence-electron chi connectivity index (χ1n) is 5.25. The highest BCUT2D eigenvalue weighted by molar-refractivity contribution is 4.78. The molecule has 0 spiro atoms. The van der Waals surface area contributed by atoms with Gasteiger partial charge in [0.1, 0.15) is 0 Å². The second-order valence-electron chi connectivity index (χ2n) is 4.19. The van der Waals surface area contributed by atoms with E-state index in [1.807, 2.05) is 0 Å². The number of hydrogen-bond acceptors (Lipinski definition) is 1. The monoisotopic (exact) mass is 171 g/mol. The maximum Gasteiger partial charge on any atom is 0.00317 e. The summed E-state index contributed by atoms with van der Waals surface area (Å²) in [5.74, 6) is 0. The van der Waals surface area contributed by atoms with Crippen LogP contribution in [0.25, 0.3) is 0 Å². The van der Waals surface area contributed by atoms with E-state index in [0.717, 1.165) is 0 Å². The van der Waals surface area contributed by atoms with Crippen molar-refractivity contribution in [3.8, 4) is 0 Å². The molecule has 0 radical (unpaired) electrons. The molecule has 0 aliphatic heterocycles. The molecule has 74 valence electrons. The third kappa shape index (κ3) is 3.57.